The summed E-state index contributed by atoms with van der Waals surface area (Å²) in [6.07, 6.45) is 2.04. The standard InChI is InChI=1S/C15H21BrN2O/c1-10-5-4-6-13(14(10)16)15(19)17-12-7-8-18(3)11(2)9-12/h4-6,11-12H,7-9H2,1-3H3,(H,17,19). The number of aryl methyl sites for hydroxylation is 1. The van der Waals surface area contributed by atoms with Gasteiger partial charge in [0.2, 0.25) is 0 Å². The Labute approximate surface area is 123 Å². The van der Waals surface area contributed by atoms with Crippen molar-refractivity contribution < 1.29 is 4.79 Å². The van der Waals surface area contributed by atoms with Gasteiger partial charge in [-0.15, -0.1) is 0 Å². The molecule has 0 spiro atoms. The molecular weight excluding hydrogens is 304 g/mol. The first-order chi connectivity index (χ1) is 8.99. The van der Waals surface area contributed by atoms with Gasteiger partial charge in [-0.25, -0.2) is 0 Å². The van der Waals surface area contributed by atoms with Crippen LogP contribution in [0.5, 0.6) is 0 Å². The number of hydrogen-bond acceptors (Lipinski definition) is 2. The monoisotopic (exact) mass is 324 g/mol. The average molecular weight is 325 g/mol. The van der Waals surface area contributed by atoms with Crippen molar-refractivity contribution in [3.8, 4) is 0 Å². The Morgan fingerprint density at radius 3 is 2.89 bits per heavy atom. The van der Waals surface area contributed by atoms with Gasteiger partial charge in [0.1, 0.15) is 0 Å². The molecule has 1 fully saturated rings. The van der Waals surface area contributed by atoms with Crippen LogP contribution in [-0.4, -0.2) is 36.5 Å². The van der Waals surface area contributed by atoms with Crippen molar-refractivity contribution in [3.63, 3.8) is 0 Å². The van der Waals surface area contributed by atoms with Gasteiger partial charge in [-0.3, -0.25) is 4.79 Å². The number of carbonyl (C=O) groups is 1. The molecule has 0 aliphatic carbocycles. The van der Waals surface area contributed by atoms with E-state index in [1.165, 1.54) is 0 Å². The Hall–Kier alpha value is -0.870. The summed E-state index contributed by atoms with van der Waals surface area (Å²) < 4.78 is 0.897. The maximum atomic E-state index is 12.3. The minimum atomic E-state index is 0.0253. The van der Waals surface area contributed by atoms with Gasteiger partial charge in [-0.05, 0) is 61.3 Å². The van der Waals surface area contributed by atoms with Crippen LogP contribution < -0.4 is 5.32 Å². The maximum Gasteiger partial charge on any atom is 0.252 e. The molecule has 2 atom stereocenters. The fourth-order valence-electron chi connectivity index (χ4n) is 2.51. The smallest absolute Gasteiger partial charge is 0.252 e. The van der Waals surface area contributed by atoms with Crippen LogP contribution in [0.2, 0.25) is 0 Å². The number of likely N-dealkylation sites (tertiary alicyclic amines) is 1. The highest BCUT2D eigenvalue weighted by atomic mass is 79.9. The van der Waals surface area contributed by atoms with Crippen molar-refractivity contribution in [1.29, 1.82) is 0 Å². The molecule has 1 aromatic carbocycles. The van der Waals surface area contributed by atoms with E-state index in [2.05, 4.69) is 40.1 Å². The second kappa shape index (κ2) is 6.06. The number of carbonyl (C=O) groups excluding carboxylic acids is 1. The minimum Gasteiger partial charge on any atom is -0.349 e. The summed E-state index contributed by atoms with van der Waals surface area (Å²) in [5.41, 5.74) is 1.82. The van der Waals surface area contributed by atoms with Gasteiger partial charge in [0, 0.05) is 23.1 Å². The molecule has 2 unspecified atom stereocenters. The molecule has 0 bridgehead atoms. The fourth-order valence-corrected chi connectivity index (χ4v) is 2.95. The Morgan fingerprint density at radius 2 is 2.21 bits per heavy atom. The first-order valence-corrected chi connectivity index (χ1v) is 7.54. The SMILES string of the molecule is Cc1cccc(C(=O)NC2CCN(C)C(C)C2)c1Br. The molecule has 104 valence electrons. The van der Waals surface area contributed by atoms with Gasteiger partial charge in [0.15, 0.2) is 0 Å². The van der Waals surface area contributed by atoms with Gasteiger partial charge in [0.25, 0.3) is 5.91 Å². The lowest BCUT2D eigenvalue weighted by Gasteiger charge is -2.35. The summed E-state index contributed by atoms with van der Waals surface area (Å²) in [6.45, 7) is 5.25. The van der Waals surface area contributed by atoms with E-state index >= 15 is 0 Å². The van der Waals surface area contributed by atoms with Crippen molar-refractivity contribution in [2.24, 2.45) is 0 Å². The first kappa shape index (κ1) is 14.5. The number of nitrogens with one attached hydrogen (secondary N) is 1. The summed E-state index contributed by atoms with van der Waals surface area (Å²) in [7, 11) is 2.14. The molecule has 1 amide bonds. The molecule has 1 heterocycles. The molecule has 19 heavy (non-hydrogen) atoms. The number of hydrogen-bond donors (Lipinski definition) is 1. The molecular formula is C15H21BrN2O. The van der Waals surface area contributed by atoms with Crippen LogP contribution in [0.25, 0.3) is 0 Å². The van der Waals surface area contributed by atoms with Gasteiger partial charge < -0.3 is 10.2 Å². The third kappa shape index (κ3) is 3.37. The zero-order valence-corrected chi connectivity index (χ0v) is 13.3. The van der Waals surface area contributed by atoms with Crippen LogP contribution >= 0.6 is 15.9 Å². The lowest BCUT2D eigenvalue weighted by Crippen LogP contribution is -2.47. The van der Waals surface area contributed by atoms with Gasteiger partial charge in [-0.2, -0.15) is 0 Å². The van der Waals surface area contributed by atoms with E-state index in [-0.39, 0.29) is 11.9 Å². The molecule has 0 saturated carbocycles. The second-order valence-electron chi connectivity index (χ2n) is 5.46. The molecule has 2 rings (SSSR count). The molecule has 1 aliphatic heterocycles. The van der Waals surface area contributed by atoms with Crippen molar-refractivity contribution in [2.75, 3.05) is 13.6 Å². The van der Waals surface area contributed by atoms with E-state index in [4.69, 9.17) is 0 Å². The van der Waals surface area contributed by atoms with Crippen molar-refractivity contribution in [2.45, 2.75) is 38.8 Å². The highest BCUT2D eigenvalue weighted by Crippen LogP contribution is 2.22. The lowest BCUT2D eigenvalue weighted by molar-refractivity contribution is 0.0895. The van der Waals surface area contributed by atoms with E-state index in [1.54, 1.807) is 0 Å². The van der Waals surface area contributed by atoms with Crippen LogP contribution in [0.3, 0.4) is 0 Å². The summed E-state index contributed by atoms with van der Waals surface area (Å²) in [6, 6.07) is 6.60. The zero-order chi connectivity index (χ0) is 14.0. The summed E-state index contributed by atoms with van der Waals surface area (Å²) in [5, 5.41) is 3.16. The van der Waals surface area contributed by atoms with E-state index in [0.29, 0.717) is 6.04 Å². The quantitative estimate of drug-likeness (QED) is 0.907. The van der Waals surface area contributed by atoms with Gasteiger partial charge in [-0.1, -0.05) is 12.1 Å². The van der Waals surface area contributed by atoms with Crippen LogP contribution in [-0.2, 0) is 0 Å². The first-order valence-electron chi connectivity index (χ1n) is 6.75. The largest absolute Gasteiger partial charge is 0.349 e. The topological polar surface area (TPSA) is 32.3 Å². The minimum absolute atomic E-state index is 0.0253. The highest BCUT2D eigenvalue weighted by molar-refractivity contribution is 9.10. The van der Waals surface area contributed by atoms with Crippen LogP contribution in [0.4, 0.5) is 0 Å². The van der Waals surface area contributed by atoms with E-state index in [0.717, 1.165) is 35.0 Å². The molecule has 1 aromatic rings. The molecule has 1 N–H and O–H groups in total. The van der Waals surface area contributed by atoms with Crippen LogP contribution in [0.1, 0.15) is 35.7 Å². The number of nitrogens with zero attached hydrogens (tertiary/aromatic N) is 1. The van der Waals surface area contributed by atoms with E-state index in [1.807, 2.05) is 25.1 Å². The normalized spacial score (nSPS) is 24.2. The van der Waals surface area contributed by atoms with Crippen molar-refractivity contribution in [3.05, 3.63) is 33.8 Å². The average Bonchev–Trinajstić information content (AvgIpc) is 2.37. The molecule has 4 heteroatoms. The highest BCUT2D eigenvalue weighted by Gasteiger charge is 2.24. The number of benzene rings is 1. The predicted octanol–water partition coefficient (Wildman–Crippen LogP) is 2.97. The second-order valence-corrected chi connectivity index (χ2v) is 6.25. The zero-order valence-electron chi connectivity index (χ0n) is 11.7. The molecule has 1 saturated heterocycles. The Morgan fingerprint density at radius 1 is 1.47 bits per heavy atom. The number of rotatable bonds is 2. The summed E-state index contributed by atoms with van der Waals surface area (Å²) in [4.78, 5) is 14.7. The third-order valence-electron chi connectivity index (χ3n) is 3.98. The Kier molecular flexibility index (Phi) is 4.63. The molecule has 1 aliphatic rings. The molecule has 3 nitrogen and oxygen atoms in total. The number of amides is 1. The number of piperidine rings is 1. The fraction of sp³-hybridized carbons (Fsp3) is 0.533. The Balaban J connectivity index is 2.03. The van der Waals surface area contributed by atoms with Crippen molar-refractivity contribution >= 4 is 21.8 Å². The van der Waals surface area contributed by atoms with Gasteiger partial charge in [0.05, 0.1) is 5.56 Å². The van der Waals surface area contributed by atoms with Gasteiger partial charge >= 0.3 is 0 Å². The maximum absolute atomic E-state index is 12.3. The van der Waals surface area contributed by atoms with Crippen molar-refractivity contribution in [1.82, 2.24) is 10.2 Å². The van der Waals surface area contributed by atoms with Crippen LogP contribution in [0, 0.1) is 6.92 Å². The predicted molar refractivity (Wildman–Crippen MR) is 81.5 cm³/mol. The Bertz CT molecular complexity index is 475. The summed E-state index contributed by atoms with van der Waals surface area (Å²) in [5.74, 6) is 0.0253. The van der Waals surface area contributed by atoms with Crippen LogP contribution in [0.15, 0.2) is 22.7 Å². The third-order valence-corrected chi connectivity index (χ3v) is 5.03. The number of halogens is 1. The summed E-state index contributed by atoms with van der Waals surface area (Å²) >= 11 is 3.50. The lowest BCUT2D eigenvalue weighted by atomic mass is 9.98. The van der Waals surface area contributed by atoms with E-state index in [9.17, 15) is 4.79 Å². The molecule has 0 aromatic heterocycles. The van der Waals surface area contributed by atoms with E-state index < -0.39 is 0 Å². The molecule has 0 radical (unpaired) electrons.